The number of nitrogens with zero attached hydrogens (tertiary/aromatic N) is 3. The molecule has 0 saturated carbocycles. The lowest BCUT2D eigenvalue weighted by atomic mass is 10.2. The van der Waals surface area contributed by atoms with Gasteiger partial charge in [0.2, 0.25) is 11.7 Å². The average molecular weight is 360 g/mol. The molecule has 2 aromatic rings. The first-order chi connectivity index (χ1) is 12.1. The highest BCUT2D eigenvalue weighted by atomic mass is 32.2. The molecular formula is C17H20N4O3S. The summed E-state index contributed by atoms with van der Waals surface area (Å²) in [6.07, 6.45) is 1.72. The van der Waals surface area contributed by atoms with Gasteiger partial charge in [0, 0.05) is 29.3 Å². The normalized spacial score (nSPS) is 16.3. The Morgan fingerprint density at radius 1 is 1.12 bits per heavy atom. The monoisotopic (exact) mass is 360 g/mol. The lowest BCUT2D eigenvalue weighted by Crippen LogP contribution is -2.04. The molecule has 8 heteroatoms. The molecule has 25 heavy (non-hydrogen) atoms. The van der Waals surface area contributed by atoms with Crippen LogP contribution in [0, 0.1) is 0 Å². The SMILES string of the molecule is COc1cc(Nc2nccc(C3=NCC(C)S3)n2)cc(OC)c1OC. The Kier molecular flexibility index (Phi) is 5.28. The van der Waals surface area contributed by atoms with Crippen molar-refractivity contribution in [3.05, 3.63) is 30.1 Å². The number of hydrogen-bond donors (Lipinski definition) is 1. The van der Waals surface area contributed by atoms with E-state index in [0.717, 1.165) is 23.0 Å². The molecule has 0 aliphatic carbocycles. The molecule has 1 aromatic carbocycles. The van der Waals surface area contributed by atoms with Crippen LogP contribution in [0.25, 0.3) is 0 Å². The molecule has 1 aliphatic rings. The Labute approximate surface area is 150 Å². The molecule has 0 fully saturated rings. The van der Waals surface area contributed by atoms with E-state index in [1.54, 1.807) is 51.4 Å². The highest BCUT2D eigenvalue weighted by Crippen LogP contribution is 2.40. The van der Waals surface area contributed by atoms with Gasteiger partial charge in [0.25, 0.3) is 0 Å². The molecule has 0 radical (unpaired) electrons. The Bertz CT molecular complexity index is 772. The minimum atomic E-state index is 0.481. The second-order valence-electron chi connectivity index (χ2n) is 5.38. The van der Waals surface area contributed by atoms with Crippen molar-refractivity contribution < 1.29 is 14.2 Å². The van der Waals surface area contributed by atoms with E-state index in [0.29, 0.717) is 28.4 Å². The van der Waals surface area contributed by atoms with E-state index in [1.807, 2.05) is 6.07 Å². The molecule has 0 spiro atoms. The third-order valence-corrected chi connectivity index (χ3v) is 4.71. The number of rotatable bonds is 6. The number of aromatic nitrogens is 2. The fraction of sp³-hybridized carbons (Fsp3) is 0.353. The number of nitrogens with one attached hydrogen (secondary N) is 1. The van der Waals surface area contributed by atoms with Gasteiger partial charge in [0.05, 0.1) is 27.9 Å². The number of anilines is 2. The van der Waals surface area contributed by atoms with Crippen molar-refractivity contribution in [3.63, 3.8) is 0 Å². The molecule has 132 valence electrons. The van der Waals surface area contributed by atoms with Gasteiger partial charge in [0.1, 0.15) is 10.7 Å². The molecule has 1 aromatic heterocycles. The van der Waals surface area contributed by atoms with Gasteiger partial charge in [-0.2, -0.15) is 0 Å². The van der Waals surface area contributed by atoms with Crippen LogP contribution in [0.15, 0.2) is 29.4 Å². The van der Waals surface area contributed by atoms with Gasteiger partial charge in [-0.15, -0.1) is 0 Å². The van der Waals surface area contributed by atoms with Crippen molar-refractivity contribution in [1.82, 2.24) is 9.97 Å². The molecule has 1 atom stereocenters. The minimum Gasteiger partial charge on any atom is -0.493 e. The van der Waals surface area contributed by atoms with Crippen LogP contribution in [-0.2, 0) is 0 Å². The van der Waals surface area contributed by atoms with Crippen LogP contribution >= 0.6 is 11.8 Å². The predicted molar refractivity (Wildman–Crippen MR) is 99.9 cm³/mol. The summed E-state index contributed by atoms with van der Waals surface area (Å²) in [6, 6.07) is 5.48. The second kappa shape index (κ2) is 7.60. The van der Waals surface area contributed by atoms with Gasteiger partial charge in [-0.05, 0) is 6.07 Å². The van der Waals surface area contributed by atoms with E-state index in [9.17, 15) is 0 Å². The number of aliphatic imine (C=N–C) groups is 1. The fourth-order valence-corrected chi connectivity index (χ4v) is 3.35. The van der Waals surface area contributed by atoms with Gasteiger partial charge in [0.15, 0.2) is 11.5 Å². The van der Waals surface area contributed by atoms with Gasteiger partial charge in [-0.25, -0.2) is 9.97 Å². The molecule has 3 rings (SSSR count). The van der Waals surface area contributed by atoms with Crippen molar-refractivity contribution in [2.75, 3.05) is 33.2 Å². The van der Waals surface area contributed by atoms with E-state index in [2.05, 4.69) is 27.2 Å². The van der Waals surface area contributed by atoms with Crippen LogP contribution in [0.4, 0.5) is 11.6 Å². The molecule has 7 nitrogen and oxygen atoms in total. The maximum atomic E-state index is 5.37. The van der Waals surface area contributed by atoms with Crippen molar-refractivity contribution in [2.24, 2.45) is 4.99 Å². The number of benzene rings is 1. The highest BCUT2D eigenvalue weighted by Gasteiger charge is 2.18. The molecular weight excluding hydrogens is 340 g/mol. The average Bonchev–Trinajstić information content (AvgIpc) is 3.07. The summed E-state index contributed by atoms with van der Waals surface area (Å²) >= 11 is 1.73. The third kappa shape index (κ3) is 3.79. The maximum absolute atomic E-state index is 5.37. The summed E-state index contributed by atoms with van der Waals surface area (Å²) in [7, 11) is 4.73. The van der Waals surface area contributed by atoms with Crippen LogP contribution < -0.4 is 19.5 Å². The third-order valence-electron chi connectivity index (χ3n) is 3.60. The van der Waals surface area contributed by atoms with E-state index in [-0.39, 0.29) is 0 Å². The summed E-state index contributed by atoms with van der Waals surface area (Å²) < 4.78 is 16.1. The molecule has 0 amide bonds. The lowest BCUT2D eigenvalue weighted by Gasteiger charge is -2.14. The number of ether oxygens (including phenoxy) is 3. The molecule has 0 bridgehead atoms. The summed E-state index contributed by atoms with van der Waals surface area (Å²) in [4.78, 5) is 13.3. The van der Waals surface area contributed by atoms with E-state index < -0.39 is 0 Å². The van der Waals surface area contributed by atoms with Crippen molar-refractivity contribution in [3.8, 4) is 17.2 Å². The first-order valence-corrected chi connectivity index (χ1v) is 8.64. The highest BCUT2D eigenvalue weighted by molar-refractivity contribution is 8.15. The van der Waals surface area contributed by atoms with Gasteiger partial charge in [-0.3, -0.25) is 4.99 Å². The van der Waals surface area contributed by atoms with Gasteiger partial charge >= 0.3 is 0 Å². The minimum absolute atomic E-state index is 0.481. The van der Waals surface area contributed by atoms with E-state index in [4.69, 9.17) is 14.2 Å². The van der Waals surface area contributed by atoms with Crippen LogP contribution in [0.1, 0.15) is 12.6 Å². The maximum Gasteiger partial charge on any atom is 0.227 e. The molecule has 1 unspecified atom stereocenters. The van der Waals surface area contributed by atoms with E-state index in [1.165, 1.54) is 0 Å². The van der Waals surface area contributed by atoms with Crippen LogP contribution in [0.2, 0.25) is 0 Å². The summed E-state index contributed by atoms with van der Waals surface area (Å²) in [5, 5.41) is 4.61. The molecule has 1 N–H and O–H groups in total. The van der Waals surface area contributed by atoms with Crippen LogP contribution in [0.3, 0.4) is 0 Å². The Morgan fingerprint density at radius 3 is 2.40 bits per heavy atom. The first kappa shape index (κ1) is 17.3. The number of hydrogen-bond acceptors (Lipinski definition) is 8. The van der Waals surface area contributed by atoms with Gasteiger partial charge < -0.3 is 19.5 Å². The summed E-state index contributed by atoms with van der Waals surface area (Å²) in [6.45, 7) is 2.97. The van der Waals surface area contributed by atoms with Crippen LogP contribution in [0.5, 0.6) is 17.2 Å². The zero-order valence-corrected chi connectivity index (χ0v) is 15.4. The number of methoxy groups -OCH3 is 3. The lowest BCUT2D eigenvalue weighted by molar-refractivity contribution is 0.324. The molecule has 1 aliphatic heterocycles. The Hall–Kier alpha value is -2.48. The topological polar surface area (TPSA) is 77.9 Å². The van der Waals surface area contributed by atoms with Crippen molar-refractivity contribution >= 4 is 28.4 Å². The molecule has 0 saturated heterocycles. The predicted octanol–water partition coefficient (Wildman–Crippen LogP) is 3.13. The quantitative estimate of drug-likeness (QED) is 0.848. The van der Waals surface area contributed by atoms with E-state index >= 15 is 0 Å². The first-order valence-electron chi connectivity index (χ1n) is 7.76. The zero-order chi connectivity index (χ0) is 17.8. The van der Waals surface area contributed by atoms with Gasteiger partial charge in [-0.1, -0.05) is 18.7 Å². The fourth-order valence-electron chi connectivity index (χ4n) is 2.44. The molecule has 2 heterocycles. The summed E-state index contributed by atoms with van der Waals surface area (Å²) in [5.74, 6) is 2.14. The Balaban J connectivity index is 1.87. The van der Waals surface area contributed by atoms with Crippen molar-refractivity contribution in [1.29, 1.82) is 0 Å². The standard InChI is InChI=1S/C17H20N4O3S/c1-10-9-19-16(25-10)12-5-6-18-17(21-12)20-11-7-13(22-2)15(24-4)14(8-11)23-3/h5-8,10H,9H2,1-4H3,(H,18,20,21). The Morgan fingerprint density at radius 2 is 1.84 bits per heavy atom. The second-order valence-corrected chi connectivity index (χ2v) is 6.81. The largest absolute Gasteiger partial charge is 0.493 e. The summed E-state index contributed by atoms with van der Waals surface area (Å²) in [5.41, 5.74) is 1.56. The number of thioether (sulfide) groups is 1. The zero-order valence-electron chi connectivity index (χ0n) is 14.6. The van der Waals surface area contributed by atoms with Crippen LogP contribution in [-0.4, -0.2) is 48.1 Å². The smallest absolute Gasteiger partial charge is 0.227 e. The van der Waals surface area contributed by atoms with Crippen molar-refractivity contribution in [2.45, 2.75) is 12.2 Å².